The van der Waals surface area contributed by atoms with E-state index >= 15 is 0 Å². The Balaban J connectivity index is 2.80. The number of aromatic nitrogens is 2. The number of rotatable bonds is 7. The third-order valence-corrected chi connectivity index (χ3v) is 2.47. The Morgan fingerprint density at radius 3 is 2.82 bits per heavy atom. The average Bonchev–Trinajstić information content (AvgIpc) is 2.30. The maximum absolute atomic E-state index is 5.60. The summed E-state index contributed by atoms with van der Waals surface area (Å²) in [7, 11) is 1.68. The van der Waals surface area contributed by atoms with Gasteiger partial charge in [0.2, 0.25) is 0 Å². The predicted molar refractivity (Wildman–Crippen MR) is 72.1 cm³/mol. The van der Waals surface area contributed by atoms with Gasteiger partial charge in [0.1, 0.15) is 10.7 Å². The van der Waals surface area contributed by atoms with Crippen molar-refractivity contribution in [3.05, 3.63) is 18.1 Å². The normalized spacial score (nSPS) is 12.1. The highest BCUT2D eigenvalue weighted by molar-refractivity contribution is 7.80. The lowest BCUT2D eigenvalue weighted by Crippen LogP contribution is -2.27. The number of hydrogen-bond acceptors (Lipinski definition) is 5. The van der Waals surface area contributed by atoms with Crippen molar-refractivity contribution < 1.29 is 4.74 Å². The largest absolute Gasteiger partial charge is 0.388 e. The number of nitrogens with zero attached hydrogens (tertiary/aromatic N) is 2. The smallest absolute Gasteiger partial charge is 0.155 e. The van der Waals surface area contributed by atoms with Crippen LogP contribution in [0.3, 0.4) is 0 Å². The van der Waals surface area contributed by atoms with Crippen molar-refractivity contribution in [3.63, 3.8) is 0 Å². The van der Waals surface area contributed by atoms with Crippen molar-refractivity contribution in [1.29, 1.82) is 0 Å². The summed E-state index contributed by atoms with van der Waals surface area (Å²) in [5, 5.41) is 3.26. The molecular weight excluding hydrogens is 236 g/mol. The fraction of sp³-hybridized carbons (Fsp3) is 0.545. The first-order chi connectivity index (χ1) is 8.19. The Morgan fingerprint density at radius 2 is 2.24 bits per heavy atom. The van der Waals surface area contributed by atoms with E-state index in [1.807, 2.05) is 0 Å². The zero-order valence-corrected chi connectivity index (χ0v) is 11.0. The first-order valence-electron chi connectivity index (χ1n) is 5.55. The highest BCUT2D eigenvalue weighted by Crippen LogP contribution is 2.12. The standard InChI is InChI=1S/C11H18N4OS/c1-3-4-8(7-16-2)15-11-9(10(12)17)13-5-6-14-11/h5-6,8H,3-4,7H2,1-2H3,(H2,12,17)(H,14,15). The van der Waals surface area contributed by atoms with Gasteiger partial charge in [0.15, 0.2) is 5.82 Å². The van der Waals surface area contributed by atoms with Crippen LogP contribution >= 0.6 is 12.2 Å². The minimum atomic E-state index is 0.190. The molecule has 0 amide bonds. The van der Waals surface area contributed by atoms with Gasteiger partial charge in [-0.3, -0.25) is 0 Å². The summed E-state index contributed by atoms with van der Waals surface area (Å²) in [5.41, 5.74) is 6.12. The molecule has 0 radical (unpaired) electrons. The SMILES string of the molecule is CCCC(COC)Nc1nccnc1C(N)=S. The molecule has 5 nitrogen and oxygen atoms in total. The molecule has 1 atom stereocenters. The zero-order chi connectivity index (χ0) is 12.7. The van der Waals surface area contributed by atoms with Crippen LogP contribution in [0.5, 0.6) is 0 Å². The van der Waals surface area contributed by atoms with Gasteiger partial charge in [-0.2, -0.15) is 0 Å². The number of methoxy groups -OCH3 is 1. The first kappa shape index (κ1) is 13.8. The summed E-state index contributed by atoms with van der Waals surface area (Å²) in [4.78, 5) is 8.57. The molecule has 1 rings (SSSR count). The van der Waals surface area contributed by atoms with Crippen LogP contribution in [0.4, 0.5) is 5.82 Å². The molecular formula is C11H18N4OS. The number of thiocarbonyl (C=S) groups is 1. The topological polar surface area (TPSA) is 73.1 Å². The van der Waals surface area contributed by atoms with Gasteiger partial charge in [-0.1, -0.05) is 25.6 Å². The van der Waals surface area contributed by atoms with Gasteiger partial charge in [-0.25, -0.2) is 9.97 Å². The van der Waals surface area contributed by atoms with Crippen LogP contribution in [0, 0.1) is 0 Å². The number of anilines is 1. The molecule has 0 bridgehead atoms. The van der Waals surface area contributed by atoms with Gasteiger partial charge < -0.3 is 15.8 Å². The van der Waals surface area contributed by atoms with Crippen molar-refractivity contribution in [2.75, 3.05) is 19.0 Å². The maximum Gasteiger partial charge on any atom is 0.155 e. The number of hydrogen-bond donors (Lipinski definition) is 2. The van der Waals surface area contributed by atoms with Gasteiger partial charge in [-0.05, 0) is 6.42 Å². The fourth-order valence-electron chi connectivity index (χ4n) is 1.56. The summed E-state index contributed by atoms with van der Waals surface area (Å²) < 4.78 is 5.15. The third-order valence-electron chi connectivity index (χ3n) is 2.28. The van der Waals surface area contributed by atoms with E-state index in [1.54, 1.807) is 19.5 Å². The second-order valence-corrected chi connectivity index (χ2v) is 4.14. The Labute approximate surface area is 107 Å². The zero-order valence-electron chi connectivity index (χ0n) is 10.1. The molecule has 0 aliphatic carbocycles. The van der Waals surface area contributed by atoms with E-state index in [4.69, 9.17) is 22.7 Å². The molecule has 0 fully saturated rings. The van der Waals surface area contributed by atoms with Gasteiger partial charge in [-0.15, -0.1) is 0 Å². The minimum Gasteiger partial charge on any atom is -0.388 e. The van der Waals surface area contributed by atoms with E-state index in [-0.39, 0.29) is 11.0 Å². The number of nitrogens with two attached hydrogens (primary N) is 1. The van der Waals surface area contributed by atoms with Crippen LogP contribution in [0.1, 0.15) is 25.5 Å². The molecule has 0 saturated carbocycles. The van der Waals surface area contributed by atoms with Crippen molar-refractivity contribution in [2.45, 2.75) is 25.8 Å². The minimum absolute atomic E-state index is 0.190. The average molecular weight is 254 g/mol. The number of nitrogens with one attached hydrogen (secondary N) is 1. The van der Waals surface area contributed by atoms with Crippen LogP contribution < -0.4 is 11.1 Å². The van der Waals surface area contributed by atoms with E-state index in [9.17, 15) is 0 Å². The van der Waals surface area contributed by atoms with Gasteiger partial charge in [0.25, 0.3) is 0 Å². The molecule has 94 valence electrons. The fourth-order valence-corrected chi connectivity index (χ4v) is 1.71. The van der Waals surface area contributed by atoms with Crippen LogP contribution in [-0.4, -0.2) is 34.7 Å². The van der Waals surface area contributed by atoms with Crippen LogP contribution in [0.2, 0.25) is 0 Å². The Hall–Kier alpha value is -1.27. The number of ether oxygens (including phenoxy) is 1. The Bertz CT molecular complexity index is 366. The Morgan fingerprint density at radius 1 is 1.53 bits per heavy atom. The molecule has 0 aliphatic heterocycles. The van der Waals surface area contributed by atoms with Crippen LogP contribution in [-0.2, 0) is 4.74 Å². The van der Waals surface area contributed by atoms with Gasteiger partial charge >= 0.3 is 0 Å². The predicted octanol–water partition coefficient (Wildman–Crippen LogP) is 1.34. The van der Waals surface area contributed by atoms with E-state index in [2.05, 4.69) is 22.2 Å². The van der Waals surface area contributed by atoms with E-state index < -0.39 is 0 Å². The van der Waals surface area contributed by atoms with Crippen LogP contribution in [0.15, 0.2) is 12.4 Å². The van der Waals surface area contributed by atoms with Crippen molar-refractivity contribution in [3.8, 4) is 0 Å². The molecule has 0 aromatic carbocycles. The molecule has 1 heterocycles. The van der Waals surface area contributed by atoms with Crippen molar-refractivity contribution in [1.82, 2.24) is 9.97 Å². The summed E-state index contributed by atoms with van der Waals surface area (Å²) in [6, 6.07) is 0.190. The van der Waals surface area contributed by atoms with Gasteiger partial charge in [0, 0.05) is 19.5 Å². The summed E-state index contributed by atoms with van der Waals surface area (Å²) in [6.45, 7) is 2.73. The quantitative estimate of drug-likeness (QED) is 0.715. The Kier molecular flexibility index (Phi) is 5.79. The van der Waals surface area contributed by atoms with E-state index in [0.29, 0.717) is 18.1 Å². The molecule has 6 heteroatoms. The maximum atomic E-state index is 5.60. The third kappa shape index (κ3) is 4.24. The monoisotopic (exact) mass is 254 g/mol. The summed E-state index contributed by atoms with van der Waals surface area (Å²) in [6.07, 6.45) is 5.23. The summed E-state index contributed by atoms with van der Waals surface area (Å²) >= 11 is 4.94. The summed E-state index contributed by atoms with van der Waals surface area (Å²) in [5.74, 6) is 0.621. The van der Waals surface area contributed by atoms with E-state index in [1.165, 1.54) is 0 Å². The lowest BCUT2D eigenvalue weighted by atomic mass is 10.2. The van der Waals surface area contributed by atoms with Crippen molar-refractivity contribution in [2.24, 2.45) is 5.73 Å². The molecule has 3 N–H and O–H groups in total. The first-order valence-corrected chi connectivity index (χ1v) is 5.96. The van der Waals surface area contributed by atoms with E-state index in [0.717, 1.165) is 12.8 Å². The lowest BCUT2D eigenvalue weighted by molar-refractivity contribution is 0.182. The molecule has 0 aliphatic rings. The molecule has 17 heavy (non-hydrogen) atoms. The molecule has 1 unspecified atom stereocenters. The molecule has 0 saturated heterocycles. The molecule has 1 aromatic rings. The second-order valence-electron chi connectivity index (χ2n) is 3.70. The van der Waals surface area contributed by atoms with Crippen molar-refractivity contribution >= 4 is 23.0 Å². The van der Waals surface area contributed by atoms with Crippen LogP contribution in [0.25, 0.3) is 0 Å². The lowest BCUT2D eigenvalue weighted by Gasteiger charge is -2.18. The molecule has 1 aromatic heterocycles. The molecule has 0 spiro atoms. The second kappa shape index (κ2) is 7.13. The highest BCUT2D eigenvalue weighted by atomic mass is 32.1. The van der Waals surface area contributed by atoms with Gasteiger partial charge in [0.05, 0.1) is 12.6 Å². The highest BCUT2D eigenvalue weighted by Gasteiger charge is 2.13.